The van der Waals surface area contributed by atoms with Gasteiger partial charge < -0.3 is 4.90 Å². The zero-order valence-electron chi connectivity index (χ0n) is 15.3. The predicted octanol–water partition coefficient (Wildman–Crippen LogP) is 3.14. The molecule has 1 heterocycles. The lowest BCUT2D eigenvalue weighted by molar-refractivity contribution is -0.134. The highest BCUT2D eigenvalue weighted by Crippen LogP contribution is 2.11. The van der Waals surface area contributed by atoms with Gasteiger partial charge in [0.05, 0.1) is 10.9 Å². The van der Waals surface area contributed by atoms with E-state index in [1.165, 1.54) is 4.57 Å². The minimum absolute atomic E-state index is 0.00643. The van der Waals surface area contributed by atoms with E-state index in [9.17, 15) is 9.59 Å². The zero-order valence-corrected chi connectivity index (χ0v) is 15.3. The van der Waals surface area contributed by atoms with Crippen LogP contribution in [0.1, 0.15) is 25.2 Å². The van der Waals surface area contributed by atoms with Crippen molar-refractivity contribution in [1.29, 1.82) is 0 Å². The number of aryl methyl sites for hydroxylation is 1. The molecule has 3 aromatic rings. The molecule has 0 unspecified atom stereocenters. The Kier molecular flexibility index (Phi) is 5.16. The van der Waals surface area contributed by atoms with E-state index in [1.807, 2.05) is 62.4 Å². The molecular formula is C21H23N3O2. The van der Waals surface area contributed by atoms with Gasteiger partial charge in [-0.3, -0.25) is 14.2 Å². The van der Waals surface area contributed by atoms with Gasteiger partial charge in [-0.1, -0.05) is 42.5 Å². The standard InChI is InChI=1S/C21H23N3O2/c1-15(2)23(13-17-9-5-4-6-10-17)20(25)14-24-16(3)22-19-12-8-7-11-18(19)21(24)26/h4-12,15H,13-14H2,1-3H3. The quantitative estimate of drug-likeness (QED) is 0.711. The molecule has 1 aromatic heterocycles. The van der Waals surface area contributed by atoms with Crippen molar-refractivity contribution in [2.24, 2.45) is 0 Å². The molecule has 0 radical (unpaired) electrons. The molecule has 5 nitrogen and oxygen atoms in total. The van der Waals surface area contributed by atoms with E-state index in [0.717, 1.165) is 5.56 Å². The molecule has 0 atom stereocenters. The van der Waals surface area contributed by atoms with Gasteiger partial charge in [-0.15, -0.1) is 0 Å². The molecule has 5 heteroatoms. The first-order valence-electron chi connectivity index (χ1n) is 8.77. The van der Waals surface area contributed by atoms with Crippen LogP contribution in [0.2, 0.25) is 0 Å². The Morgan fingerprint density at radius 1 is 1.08 bits per heavy atom. The predicted molar refractivity (Wildman–Crippen MR) is 103 cm³/mol. The van der Waals surface area contributed by atoms with E-state index >= 15 is 0 Å². The summed E-state index contributed by atoms with van der Waals surface area (Å²) in [6, 6.07) is 17.1. The third-order valence-corrected chi connectivity index (χ3v) is 4.49. The number of rotatable bonds is 5. The van der Waals surface area contributed by atoms with Crippen molar-refractivity contribution in [1.82, 2.24) is 14.5 Å². The van der Waals surface area contributed by atoms with Crippen LogP contribution in [-0.4, -0.2) is 26.4 Å². The van der Waals surface area contributed by atoms with E-state index < -0.39 is 0 Å². The Morgan fingerprint density at radius 2 is 1.73 bits per heavy atom. The van der Waals surface area contributed by atoms with Crippen LogP contribution in [-0.2, 0) is 17.9 Å². The van der Waals surface area contributed by atoms with Crippen LogP contribution in [0.25, 0.3) is 10.9 Å². The fourth-order valence-corrected chi connectivity index (χ4v) is 3.03. The van der Waals surface area contributed by atoms with Crippen LogP contribution >= 0.6 is 0 Å². The van der Waals surface area contributed by atoms with Crippen LogP contribution in [0.5, 0.6) is 0 Å². The summed E-state index contributed by atoms with van der Waals surface area (Å²) < 4.78 is 1.46. The van der Waals surface area contributed by atoms with Crippen molar-refractivity contribution in [2.75, 3.05) is 0 Å². The second kappa shape index (κ2) is 7.52. The van der Waals surface area contributed by atoms with Gasteiger partial charge in [0.1, 0.15) is 12.4 Å². The molecule has 0 bridgehead atoms. The van der Waals surface area contributed by atoms with Crippen molar-refractivity contribution in [3.63, 3.8) is 0 Å². The summed E-state index contributed by atoms with van der Waals surface area (Å²) in [7, 11) is 0. The first kappa shape index (κ1) is 17.9. The lowest BCUT2D eigenvalue weighted by atomic mass is 10.2. The van der Waals surface area contributed by atoms with Crippen LogP contribution < -0.4 is 5.56 Å². The third kappa shape index (κ3) is 3.67. The summed E-state index contributed by atoms with van der Waals surface area (Å²) in [6.45, 7) is 6.24. The summed E-state index contributed by atoms with van der Waals surface area (Å²) >= 11 is 0. The molecule has 0 spiro atoms. The van der Waals surface area contributed by atoms with Crippen LogP contribution in [0, 0.1) is 6.92 Å². The fourth-order valence-electron chi connectivity index (χ4n) is 3.03. The van der Waals surface area contributed by atoms with E-state index in [1.54, 1.807) is 17.9 Å². The SMILES string of the molecule is Cc1nc2ccccc2c(=O)n1CC(=O)N(Cc1ccccc1)C(C)C. The monoisotopic (exact) mass is 349 g/mol. The van der Waals surface area contributed by atoms with Gasteiger partial charge in [0.25, 0.3) is 5.56 Å². The summed E-state index contributed by atoms with van der Waals surface area (Å²) in [5.74, 6) is 0.455. The number of hydrogen-bond donors (Lipinski definition) is 0. The average molecular weight is 349 g/mol. The Labute approximate surface area is 152 Å². The first-order chi connectivity index (χ1) is 12.5. The average Bonchev–Trinajstić information content (AvgIpc) is 2.63. The molecule has 1 amide bonds. The molecule has 0 aliphatic carbocycles. The van der Waals surface area contributed by atoms with Crippen LogP contribution in [0.4, 0.5) is 0 Å². The summed E-state index contributed by atoms with van der Waals surface area (Å²) in [4.78, 5) is 32.0. The molecule has 0 aliphatic heterocycles. The van der Waals surface area contributed by atoms with E-state index in [-0.39, 0.29) is 24.1 Å². The zero-order chi connectivity index (χ0) is 18.7. The normalized spacial score (nSPS) is 11.1. The highest BCUT2D eigenvalue weighted by atomic mass is 16.2. The Bertz CT molecular complexity index is 977. The minimum Gasteiger partial charge on any atom is -0.334 e. The molecule has 0 aliphatic rings. The van der Waals surface area contributed by atoms with Crippen molar-refractivity contribution in [2.45, 2.75) is 39.9 Å². The summed E-state index contributed by atoms with van der Waals surface area (Å²) in [5.41, 5.74) is 1.55. The van der Waals surface area contributed by atoms with Crippen LogP contribution in [0.3, 0.4) is 0 Å². The van der Waals surface area contributed by atoms with Gasteiger partial charge in [0.2, 0.25) is 5.91 Å². The molecule has 0 N–H and O–H groups in total. The van der Waals surface area contributed by atoms with Gasteiger partial charge in [-0.2, -0.15) is 0 Å². The van der Waals surface area contributed by atoms with Crippen molar-refractivity contribution >= 4 is 16.8 Å². The maximum absolute atomic E-state index is 12.9. The number of para-hydroxylation sites is 1. The first-order valence-corrected chi connectivity index (χ1v) is 8.77. The summed E-state index contributed by atoms with van der Waals surface area (Å²) in [6.07, 6.45) is 0. The fraction of sp³-hybridized carbons (Fsp3) is 0.286. The third-order valence-electron chi connectivity index (χ3n) is 4.49. The Balaban J connectivity index is 1.90. The van der Waals surface area contributed by atoms with Gasteiger partial charge in [-0.25, -0.2) is 4.98 Å². The van der Waals surface area contributed by atoms with Crippen molar-refractivity contribution < 1.29 is 4.79 Å². The number of carbonyl (C=O) groups excluding carboxylic acids is 1. The Morgan fingerprint density at radius 3 is 2.42 bits per heavy atom. The largest absolute Gasteiger partial charge is 0.334 e. The van der Waals surface area contributed by atoms with E-state index in [2.05, 4.69) is 4.98 Å². The molecule has 26 heavy (non-hydrogen) atoms. The van der Waals surface area contributed by atoms with Gasteiger partial charge in [0.15, 0.2) is 0 Å². The lowest BCUT2D eigenvalue weighted by Gasteiger charge is -2.27. The summed E-state index contributed by atoms with van der Waals surface area (Å²) in [5, 5.41) is 0.532. The number of fused-ring (bicyclic) bond motifs is 1. The smallest absolute Gasteiger partial charge is 0.261 e. The van der Waals surface area contributed by atoms with Crippen LogP contribution in [0.15, 0.2) is 59.4 Å². The van der Waals surface area contributed by atoms with Crippen molar-refractivity contribution in [3.05, 3.63) is 76.3 Å². The number of benzene rings is 2. The molecule has 0 fully saturated rings. The second-order valence-electron chi connectivity index (χ2n) is 6.67. The van der Waals surface area contributed by atoms with Gasteiger partial charge in [0, 0.05) is 12.6 Å². The Hall–Kier alpha value is -2.95. The highest BCUT2D eigenvalue weighted by molar-refractivity contribution is 5.79. The minimum atomic E-state index is -0.176. The number of amides is 1. The second-order valence-corrected chi connectivity index (χ2v) is 6.67. The number of nitrogens with zero attached hydrogens (tertiary/aromatic N) is 3. The van der Waals surface area contributed by atoms with Crippen molar-refractivity contribution in [3.8, 4) is 0 Å². The lowest BCUT2D eigenvalue weighted by Crippen LogP contribution is -2.41. The number of aromatic nitrogens is 2. The number of carbonyl (C=O) groups is 1. The molecule has 3 rings (SSSR count). The number of hydrogen-bond acceptors (Lipinski definition) is 3. The molecule has 0 saturated heterocycles. The highest BCUT2D eigenvalue weighted by Gasteiger charge is 2.20. The topological polar surface area (TPSA) is 55.2 Å². The molecule has 134 valence electrons. The van der Waals surface area contributed by atoms with Gasteiger partial charge >= 0.3 is 0 Å². The maximum Gasteiger partial charge on any atom is 0.261 e. The maximum atomic E-state index is 12.9. The molecular weight excluding hydrogens is 326 g/mol. The molecule has 2 aromatic carbocycles. The van der Waals surface area contributed by atoms with E-state index in [4.69, 9.17) is 0 Å². The van der Waals surface area contributed by atoms with E-state index in [0.29, 0.717) is 23.3 Å². The van der Waals surface area contributed by atoms with Gasteiger partial charge in [-0.05, 0) is 38.5 Å². The molecule has 0 saturated carbocycles.